The van der Waals surface area contributed by atoms with E-state index < -0.39 is 0 Å². The van der Waals surface area contributed by atoms with E-state index in [1.54, 1.807) is 12.5 Å². The summed E-state index contributed by atoms with van der Waals surface area (Å²) in [5.74, 6) is 0.676. The molecule has 0 aliphatic heterocycles. The van der Waals surface area contributed by atoms with Crippen molar-refractivity contribution in [2.75, 3.05) is 0 Å². The average Bonchev–Trinajstić information content (AvgIpc) is 3.01. The van der Waals surface area contributed by atoms with Crippen molar-refractivity contribution in [1.82, 2.24) is 4.98 Å². The van der Waals surface area contributed by atoms with Gasteiger partial charge < -0.3 is 4.42 Å². The Morgan fingerprint density at radius 2 is 1.45 bits per heavy atom. The van der Waals surface area contributed by atoms with Crippen molar-refractivity contribution in [1.29, 1.82) is 0 Å². The van der Waals surface area contributed by atoms with Gasteiger partial charge in [0.05, 0.1) is 6.20 Å². The zero-order valence-electron chi connectivity index (χ0n) is 11.5. The van der Waals surface area contributed by atoms with Crippen LogP contribution in [0.1, 0.15) is 16.7 Å². The maximum absolute atomic E-state index is 5.29. The van der Waals surface area contributed by atoms with Crippen LogP contribution in [0.2, 0.25) is 0 Å². The molecule has 0 spiro atoms. The Morgan fingerprint density at radius 1 is 0.850 bits per heavy atom. The summed E-state index contributed by atoms with van der Waals surface area (Å²) in [6, 6.07) is 17.2. The van der Waals surface area contributed by atoms with Gasteiger partial charge in [-0.15, -0.1) is 0 Å². The molecule has 0 atom stereocenters. The Morgan fingerprint density at radius 3 is 2.00 bits per heavy atom. The molecule has 0 bridgehead atoms. The van der Waals surface area contributed by atoms with Crippen LogP contribution in [0, 0.1) is 6.92 Å². The molecule has 0 saturated carbocycles. The largest absolute Gasteiger partial charge is 0.445 e. The molecule has 3 aromatic rings. The highest BCUT2D eigenvalue weighted by Crippen LogP contribution is 2.18. The molecule has 100 valence electrons. The van der Waals surface area contributed by atoms with Gasteiger partial charge in [0.25, 0.3) is 0 Å². The molecule has 0 saturated heterocycles. The van der Waals surface area contributed by atoms with E-state index >= 15 is 0 Å². The number of hydrogen-bond donors (Lipinski definition) is 0. The lowest BCUT2D eigenvalue weighted by Gasteiger charge is -2.04. The first-order chi connectivity index (χ1) is 9.81. The Balaban J connectivity index is 1.65. The summed E-state index contributed by atoms with van der Waals surface area (Å²) in [5, 5.41) is 0. The lowest BCUT2D eigenvalue weighted by atomic mass is 10.0. The van der Waals surface area contributed by atoms with Crippen LogP contribution in [0.25, 0.3) is 11.5 Å². The third kappa shape index (κ3) is 2.97. The van der Waals surface area contributed by atoms with Gasteiger partial charge >= 0.3 is 0 Å². The molecule has 1 aromatic heterocycles. The zero-order chi connectivity index (χ0) is 13.8. The number of hydrogen-bond acceptors (Lipinski definition) is 2. The normalized spacial score (nSPS) is 10.7. The summed E-state index contributed by atoms with van der Waals surface area (Å²) >= 11 is 0. The van der Waals surface area contributed by atoms with Crippen LogP contribution < -0.4 is 0 Å². The van der Waals surface area contributed by atoms with Crippen molar-refractivity contribution >= 4 is 0 Å². The van der Waals surface area contributed by atoms with Crippen molar-refractivity contribution in [2.45, 2.75) is 19.8 Å². The van der Waals surface area contributed by atoms with Crippen LogP contribution in [0.15, 0.2) is 65.4 Å². The van der Waals surface area contributed by atoms with E-state index in [1.807, 2.05) is 0 Å². The van der Waals surface area contributed by atoms with E-state index in [-0.39, 0.29) is 0 Å². The number of benzene rings is 2. The van der Waals surface area contributed by atoms with Gasteiger partial charge in [-0.3, -0.25) is 0 Å². The Labute approximate surface area is 119 Å². The topological polar surface area (TPSA) is 26.0 Å². The number of aryl methyl sites for hydroxylation is 3. The van der Waals surface area contributed by atoms with Gasteiger partial charge in [0.1, 0.15) is 6.26 Å². The monoisotopic (exact) mass is 263 g/mol. The fraction of sp³-hybridized carbons (Fsp3) is 0.167. The molecule has 2 heteroatoms. The molecule has 3 rings (SSSR count). The second-order valence-electron chi connectivity index (χ2n) is 5.02. The molecule has 0 fully saturated rings. The molecule has 2 nitrogen and oxygen atoms in total. The van der Waals surface area contributed by atoms with Crippen LogP contribution in [-0.2, 0) is 12.8 Å². The van der Waals surface area contributed by atoms with E-state index in [4.69, 9.17) is 4.42 Å². The molecule has 0 unspecified atom stereocenters. The SMILES string of the molecule is Cc1ccc(CCc2ccc(-c3ncco3)cc2)cc1. The second-order valence-corrected chi connectivity index (χ2v) is 5.02. The predicted octanol–water partition coefficient (Wildman–Crippen LogP) is 4.44. The third-order valence-electron chi connectivity index (χ3n) is 3.46. The van der Waals surface area contributed by atoms with Crippen molar-refractivity contribution < 1.29 is 4.42 Å². The van der Waals surface area contributed by atoms with Crippen LogP contribution >= 0.6 is 0 Å². The van der Waals surface area contributed by atoms with Gasteiger partial charge in [0.2, 0.25) is 5.89 Å². The van der Waals surface area contributed by atoms with E-state index in [2.05, 4.69) is 60.4 Å². The Kier molecular flexibility index (Phi) is 3.64. The minimum Gasteiger partial charge on any atom is -0.445 e. The lowest BCUT2D eigenvalue weighted by molar-refractivity contribution is 0.574. The quantitative estimate of drug-likeness (QED) is 0.695. The maximum Gasteiger partial charge on any atom is 0.225 e. The van der Waals surface area contributed by atoms with E-state index in [1.165, 1.54) is 16.7 Å². The molecule has 2 aromatic carbocycles. The van der Waals surface area contributed by atoms with Crippen molar-refractivity contribution in [3.05, 3.63) is 77.7 Å². The molecular formula is C18H17NO. The highest BCUT2D eigenvalue weighted by Gasteiger charge is 2.02. The first kappa shape index (κ1) is 12.7. The van der Waals surface area contributed by atoms with E-state index in [0.717, 1.165) is 18.4 Å². The van der Waals surface area contributed by atoms with Crippen LogP contribution in [-0.4, -0.2) is 4.98 Å². The molecular weight excluding hydrogens is 246 g/mol. The third-order valence-corrected chi connectivity index (χ3v) is 3.46. The summed E-state index contributed by atoms with van der Waals surface area (Å²) in [6.45, 7) is 2.12. The first-order valence-corrected chi connectivity index (χ1v) is 6.85. The van der Waals surface area contributed by atoms with Gasteiger partial charge in [0, 0.05) is 5.56 Å². The number of aromatic nitrogens is 1. The number of nitrogens with zero attached hydrogens (tertiary/aromatic N) is 1. The van der Waals surface area contributed by atoms with Gasteiger partial charge in [-0.25, -0.2) is 4.98 Å². The summed E-state index contributed by atoms with van der Waals surface area (Å²) in [7, 11) is 0. The molecule has 1 heterocycles. The maximum atomic E-state index is 5.29. The van der Waals surface area contributed by atoms with Gasteiger partial charge in [0.15, 0.2) is 0 Å². The summed E-state index contributed by atoms with van der Waals surface area (Å²) in [6.07, 6.45) is 5.38. The lowest BCUT2D eigenvalue weighted by Crippen LogP contribution is -1.91. The predicted molar refractivity (Wildman–Crippen MR) is 80.5 cm³/mol. The number of rotatable bonds is 4. The zero-order valence-corrected chi connectivity index (χ0v) is 11.5. The standard InChI is InChI=1S/C18H17NO/c1-14-2-4-15(5-3-14)6-7-16-8-10-17(11-9-16)18-19-12-13-20-18/h2-5,8-13H,6-7H2,1H3. The van der Waals surface area contributed by atoms with Crippen LogP contribution in [0.4, 0.5) is 0 Å². The molecule has 0 aliphatic rings. The van der Waals surface area contributed by atoms with Gasteiger partial charge in [-0.1, -0.05) is 42.0 Å². The average molecular weight is 263 g/mol. The second kappa shape index (κ2) is 5.74. The van der Waals surface area contributed by atoms with E-state index in [9.17, 15) is 0 Å². The fourth-order valence-corrected chi connectivity index (χ4v) is 2.22. The summed E-state index contributed by atoms with van der Waals surface area (Å²) in [4.78, 5) is 4.15. The summed E-state index contributed by atoms with van der Waals surface area (Å²) < 4.78 is 5.29. The molecule has 0 N–H and O–H groups in total. The minimum atomic E-state index is 0.676. The summed E-state index contributed by atoms with van der Waals surface area (Å²) in [5.41, 5.74) is 5.05. The highest BCUT2D eigenvalue weighted by atomic mass is 16.3. The van der Waals surface area contributed by atoms with Gasteiger partial charge in [-0.05, 0) is 43.0 Å². The van der Waals surface area contributed by atoms with Crippen molar-refractivity contribution in [2.24, 2.45) is 0 Å². The van der Waals surface area contributed by atoms with Crippen molar-refractivity contribution in [3.8, 4) is 11.5 Å². The Bertz CT molecular complexity index is 652. The van der Waals surface area contributed by atoms with Gasteiger partial charge in [-0.2, -0.15) is 0 Å². The minimum absolute atomic E-state index is 0.676. The Hall–Kier alpha value is -2.35. The molecule has 20 heavy (non-hydrogen) atoms. The molecule has 0 radical (unpaired) electrons. The van der Waals surface area contributed by atoms with Crippen LogP contribution in [0.3, 0.4) is 0 Å². The molecule has 0 amide bonds. The highest BCUT2D eigenvalue weighted by molar-refractivity contribution is 5.53. The number of oxazole rings is 1. The first-order valence-electron chi connectivity index (χ1n) is 6.85. The van der Waals surface area contributed by atoms with E-state index in [0.29, 0.717) is 5.89 Å². The smallest absolute Gasteiger partial charge is 0.225 e. The molecule has 0 aliphatic carbocycles. The van der Waals surface area contributed by atoms with Crippen LogP contribution in [0.5, 0.6) is 0 Å². The van der Waals surface area contributed by atoms with Crippen molar-refractivity contribution in [3.63, 3.8) is 0 Å². The fourth-order valence-electron chi connectivity index (χ4n) is 2.22.